The van der Waals surface area contributed by atoms with Gasteiger partial charge < -0.3 is 0 Å². The van der Waals surface area contributed by atoms with Crippen LogP contribution in [0.25, 0.3) is 5.69 Å². The van der Waals surface area contributed by atoms with E-state index in [0.29, 0.717) is 5.69 Å². The van der Waals surface area contributed by atoms with Gasteiger partial charge in [-0.15, -0.1) is 0 Å². The summed E-state index contributed by atoms with van der Waals surface area (Å²) in [7, 11) is 1.88. The maximum absolute atomic E-state index is 6.05. The predicted octanol–water partition coefficient (Wildman–Crippen LogP) is 3.31. The highest BCUT2D eigenvalue weighted by Crippen LogP contribution is 2.36. The molecule has 2 aromatic rings. The summed E-state index contributed by atoms with van der Waals surface area (Å²) in [5.74, 6) is 0. The Balaban J connectivity index is 2.73. The van der Waals surface area contributed by atoms with E-state index >= 15 is 0 Å². The van der Waals surface area contributed by atoms with Crippen molar-refractivity contribution in [2.75, 3.05) is 0 Å². The van der Waals surface area contributed by atoms with Crippen LogP contribution in [-0.2, 0) is 7.05 Å². The fourth-order valence-electron chi connectivity index (χ4n) is 1.29. The Morgan fingerprint density at radius 3 is 2.12 bits per heavy atom. The second-order valence-corrected chi connectivity index (χ2v) is 4.63. The number of hydrogen-bond acceptors (Lipinski definition) is 1. The Morgan fingerprint density at radius 1 is 1.12 bits per heavy atom. The molecule has 3 nitrogen and oxygen atoms in total. The number of aromatic nitrogens is 3. The molecule has 0 aliphatic heterocycles. The normalized spacial score (nSPS) is 10.8. The summed E-state index contributed by atoms with van der Waals surface area (Å²) in [6.45, 7) is 0. The SMILES string of the molecule is C[n+]1ccn(-c2c(Cl)c(Cl)nc(Cl)c2Cl)c1. The van der Waals surface area contributed by atoms with E-state index in [0.717, 1.165) is 0 Å². The second-order valence-electron chi connectivity index (χ2n) is 3.16. The van der Waals surface area contributed by atoms with Crippen molar-refractivity contribution >= 4 is 46.4 Å². The summed E-state index contributed by atoms with van der Waals surface area (Å²) in [4.78, 5) is 3.81. The molecule has 2 heterocycles. The fraction of sp³-hybridized carbons (Fsp3) is 0.111. The van der Waals surface area contributed by atoms with Crippen molar-refractivity contribution in [3.8, 4) is 5.69 Å². The summed E-state index contributed by atoms with van der Waals surface area (Å²) >= 11 is 23.8. The summed E-state index contributed by atoms with van der Waals surface area (Å²) in [6.07, 6.45) is 5.42. The van der Waals surface area contributed by atoms with Crippen LogP contribution in [0.4, 0.5) is 0 Å². The molecule has 0 fully saturated rings. The molecule has 0 unspecified atom stereocenters. The maximum atomic E-state index is 6.05. The molecule has 2 aromatic heterocycles. The van der Waals surface area contributed by atoms with Gasteiger partial charge in [0, 0.05) is 0 Å². The van der Waals surface area contributed by atoms with Gasteiger partial charge in [0.05, 0.1) is 7.05 Å². The largest absolute Gasteiger partial charge is 0.248 e. The Hall–Kier alpha value is -0.480. The molecule has 0 saturated carbocycles. The number of rotatable bonds is 1. The van der Waals surface area contributed by atoms with E-state index in [1.54, 1.807) is 17.1 Å². The topological polar surface area (TPSA) is 21.7 Å². The van der Waals surface area contributed by atoms with Crippen molar-refractivity contribution in [2.24, 2.45) is 7.05 Å². The third-order valence-electron chi connectivity index (χ3n) is 2.00. The number of aryl methyl sites for hydroxylation is 1. The van der Waals surface area contributed by atoms with Crippen molar-refractivity contribution in [3.63, 3.8) is 0 Å². The monoisotopic (exact) mass is 296 g/mol. The lowest BCUT2D eigenvalue weighted by atomic mass is 10.4. The first-order valence-electron chi connectivity index (χ1n) is 4.24. The first-order valence-corrected chi connectivity index (χ1v) is 5.75. The Labute approximate surface area is 112 Å². The molecule has 7 heteroatoms. The van der Waals surface area contributed by atoms with Gasteiger partial charge in [-0.05, 0) is 0 Å². The highest BCUT2D eigenvalue weighted by molar-refractivity contribution is 6.47. The Bertz CT molecular complexity index is 524. The zero-order valence-electron chi connectivity index (χ0n) is 8.09. The van der Waals surface area contributed by atoms with Gasteiger partial charge in [0.2, 0.25) is 6.33 Å². The first-order chi connectivity index (χ1) is 7.50. The third-order valence-corrected chi connectivity index (χ3v) is 3.46. The Kier molecular flexibility index (Phi) is 3.31. The molecule has 0 atom stereocenters. The van der Waals surface area contributed by atoms with Gasteiger partial charge in [0.15, 0.2) is 16.0 Å². The van der Waals surface area contributed by atoms with Crippen LogP contribution in [0.1, 0.15) is 0 Å². The average molecular weight is 298 g/mol. The zero-order chi connectivity index (χ0) is 11.9. The zero-order valence-corrected chi connectivity index (χ0v) is 11.1. The molecular formula is C9H6Cl4N3+. The van der Waals surface area contributed by atoms with E-state index in [2.05, 4.69) is 4.98 Å². The van der Waals surface area contributed by atoms with Crippen LogP contribution in [0.3, 0.4) is 0 Å². The van der Waals surface area contributed by atoms with Crippen LogP contribution >= 0.6 is 46.4 Å². The molecule has 0 saturated heterocycles. The van der Waals surface area contributed by atoms with Gasteiger partial charge in [-0.1, -0.05) is 46.4 Å². The maximum Gasteiger partial charge on any atom is 0.248 e. The second kappa shape index (κ2) is 4.41. The van der Waals surface area contributed by atoms with E-state index in [-0.39, 0.29) is 20.4 Å². The van der Waals surface area contributed by atoms with Gasteiger partial charge in [-0.2, -0.15) is 4.57 Å². The lowest BCUT2D eigenvalue weighted by Crippen LogP contribution is -2.23. The van der Waals surface area contributed by atoms with Crippen LogP contribution in [0.2, 0.25) is 20.4 Å². The first kappa shape index (κ1) is 12.0. The van der Waals surface area contributed by atoms with Gasteiger partial charge in [0.25, 0.3) is 0 Å². The van der Waals surface area contributed by atoms with E-state index < -0.39 is 0 Å². The third kappa shape index (κ3) is 2.00. The molecule has 0 amide bonds. The van der Waals surface area contributed by atoms with Gasteiger partial charge in [-0.3, -0.25) is 0 Å². The highest BCUT2D eigenvalue weighted by atomic mass is 35.5. The molecule has 0 aliphatic carbocycles. The van der Waals surface area contributed by atoms with E-state index in [9.17, 15) is 0 Å². The van der Waals surface area contributed by atoms with Crippen LogP contribution in [0.15, 0.2) is 18.7 Å². The Morgan fingerprint density at radius 2 is 1.69 bits per heavy atom. The molecule has 0 bridgehead atoms. The van der Waals surface area contributed by atoms with Crippen molar-refractivity contribution in [3.05, 3.63) is 39.1 Å². The van der Waals surface area contributed by atoms with Gasteiger partial charge in [-0.25, -0.2) is 9.55 Å². The number of nitrogens with zero attached hydrogens (tertiary/aromatic N) is 3. The van der Waals surface area contributed by atoms with Crippen LogP contribution in [-0.4, -0.2) is 9.55 Å². The number of pyridine rings is 1. The number of imidazole rings is 1. The van der Waals surface area contributed by atoms with Crippen LogP contribution in [0, 0.1) is 0 Å². The smallest absolute Gasteiger partial charge is 0.239 e. The minimum Gasteiger partial charge on any atom is -0.239 e. The van der Waals surface area contributed by atoms with E-state index in [4.69, 9.17) is 46.4 Å². The molecule has 0 aromatic carbocycles. The molecule has 0 spiro atoms. The minimum atomic E-state index is 0.127. The molecule has 0 N–H and O–H groups in total. The highest BCUT2D eigenvalue weighted by Gasteiger charge is 2.21. The van der Waals surface area contributed by atoms with Crippen LogP contribution in [0.5, 0.6) is 0 Å². The lowest BCUT2D eigenvalue weighted by molar-refractivity contribution is -0.670. The van der Waals surface area contributed by atoms with Crippen molar-refractivity contribution < 1.29 is 4.57 Å². The molecule has 84 valence electrons. The van der Waals surface area contributed by atoms with E-state index in [1.807, 2.05) is 17.8 Å². The van der Waals surface area contributed by atoms with Gasteiger partial charge in [0.1, 0.15) is 22.4 Å². The van der Waals surface area contributed by atoms with Gasteiger partial charge >= 0.3 is 0 Å². The van der Waals surface area contributed by atoms with Crippen molar-refractivity contribution in [2.45, 2.75) is 0 Å². The molecule has 16 heavy (non-hydrogen) atoms. The summed E-state index contributed by atoms with van der Waals surface area (Å²) < 4.78 is 3.57. The summed E-state index contributed by atoms with van der Waals surface area (Å²) in [5, 5.41) is 0.796. The van der Waals surface area contributed by atoms with Crippen molar-refractivity contribution in [1.29, 1.82) is 0 Å². The number of hydrogen-bond donors (Lipinski definition) is 0. The number of halogens is 4. The quantitative estimate of drug-likeness (QED) is 0.584. The van der Waals surface area contributed by atoms with E-state index in [1.165, 1.54) is 0 Å². The van der Waals surface area contributed by atoms with Crippen LogP contribution < -0.4 is 4.57 Å². The minimum absolute atomic E-state index is 0.127. The average Bonchev–Trinajstić information content (AvgIpc) is 2.62. The molecular weight excluding hydrogens is 292 g/mol. The fourth-order valence-corrected chi connectivity index (χ4v) is 2.19. The summed E-state index contributed by atoms with van der Waals surface area (Å²) in [6, 6.07) is 0. The summed E-state index contributed by atoms with van der Waals surface area (Å²) in [5.41, 5.74) is 0.522. The standard InChI is InChI=1S/C9H6Cl4N3/c1-15-2-3-16(4-15)7-5(10)8(12)14-9(13)6(7)11/h2-4H,1H3/q+1. The molecule has 2 rings (SSSR count). The van der Waals surface area contributed by atoms with Crippen molar-refractivity contribution in [1.82, 2.24) is 9.55 Å². The molecule has 0 aliphatic rings. The predicted molar refractivity (Wildman–Crippen MR) is 64.8 cm³/mol. The molecule has 0 radical (unpaired) electrons. The lowest BCUT2D eigenvalue weighted by Gasteiger charge is -2.05.